The van der Waals surface area contributed by atoms with Crippen molar-refractivity contribution in [2.24, 2.45) is 0 Å². The van der Waals surface area contributed by atoms with Crippen molar-refractivity contribution >= 4 is 55.1 Å². The highest BCUT2D eigenvalue weighted by atomic mass is 79.9. The van der Waals surface area contributed by atoms with Crippen LogP contribution in [-0.2, 0) is 6.18 Å². The van der Waals surface area contributed by atoms with Crippen molar-refractivity contribution in [3.63, 3.8) is 0 Å². The summed E-state index contributed by atoms with van der Waals surface area (Å²) in [5.41, 5.74) is -1.03. The number of nitrogens with zero attached hydrogens (tertiary/aromatic N) is 3. The summed E-state index contributed by atoms with van der Waals surface area (Å²) in [6, 6.07) is 2.59. The highest BCUT2D eigenvalue weighted by Crippen LogP contribution is 2.36. The van der Waals surface area contributed by atoms with Crippen LogP contribution in [0.3, 0.4) is 0 Å². The second kappa shape index (κ2) is 5.43. The maximum atomic E-state index is 13.3. The highest BCUT2D eigenvalue weighted by molar-refractivity contribution is 9.11. The van der Waals surface area contributed by atoms with Gasteiger partial charge in [-0.05, 0) is 44.0 Å². The molecule has 0 unspecified atom stereocenters. The van der Waals surface area contributed by atoms with Crippen LogP contribution in [0.2, 0.25) is 0 Å². The lowest BCUT2D eigenvalue weighted by atomic mass is 10.2. The lowest BCUT2D eigenvalue weighted by Crippen LogP contribution is -2.13. The van der Waals surface area contributed by atoms with Crippen LogP contribution in [0.1, 0.15) is 16.2 Å². The quantitative estimate of drug-likeness (QED) is 0.522. The van der Waals surface area contributed by atoms with E-state index in [1.165, 1.54) is 11.3 Å². The Balaban J connectivity index is 2.37. The van der Waals surface area contributed by atoms with E-state index < -0.39 is 11.9 Å². The van der Waals surface area contributed by atoms with Gasteiger partial charge in [0.1, 0.15) is 5.69 Å². The molecule has 0 bridgehead atoms. The number of alkyl halides is 3. The molecule has 3 aromatic rings. The Labute approximate surface area is 142 Å². The van der Waals surface area contributed by atoms with E-state index in [1.54, 1.807) is 11.4 Å². The van der Waals surface area contributed by atoms with Crippen molar-refractivity contribution in [1.29, 1.82) is 0 Å². The lowest BCUT2D eigenvalue weighted by molar-refractivity contribution is -0.142. The molecule has 0 amide bonds. The standard InChI is InChI=1S/C12H4Br2F3N3OS/c13-5-1-8(22-4-5)6-2-9(12(15,16)17)20-11(18-6)10(14)7(3-21)19-20/h1-4H. The number of carbonyl (C=O) groups is 1. The summed E-state index contributed by atoms with van der Waals surface area (Å²) in [5.74, 6) is 0. The summed E-state index contributed by atoms with van der Waals surface area (Å²) in [4.78, 5) is 15.7. The smallest absolute Gasteiger partial charge is 0.296 e. The van der Waals surface area contributed by atoms with Gasteiger partial charge in [-0.3, -0.25) is 4.79 Å². The number of hydrogen-bond acceptors (Lipinski definition) is 4. The Bertz CT molecular complexity index is 888. The van der Waals surface area contributed by atoms with E-state index in [4.69, 9.17) is 0 Å². The van der Waals surface area contributed by atoms with Gasteiger partial charge in [0.05, 0.1) is 15.0 Å². The van der Waals surface area contributed by atoms with E-state index in [0.717, 1.165) is 10.5 Å². The third kappa shape index (κ3) is 2.59. The minimum absolute atomic E-state index is 0.0588. The van der Waals surface area contributed by atoms with Crippen LogP contribution in [0.5, 0.6) is 0 Å². The lowest BCUT2D eigenvalue weighted by Gasteiger charge is -2.10. The second-order valence-electron chi connectivity index (χ2n) is 4.21. The molecule has 0 aliphatic carbocycles. The van der Waals surface area contributed by atoms with E-state index in [-0.39, 0.29) is 21.5 Å². The first-order chi connectivity index (χ1) is 10.3. The van der Waals surface area contributed by atoms with Crippen molar-refractivity contribution in [2.75, 3.05) is 0 Å². The zero-order valence-electron chi connectivity index (χ0n) is 10.4. The monoisotopic (exact) mass is 453 g/mol. The third-order valence-electron chi connectivity index (χ3n) is 2.78. The molecule has 0 aliphatic rings. The van der Waals surface area contributed by atoms with Crippen molar-refractivity contribution in [2.45, 2.75) is 6.18 Å². The van der Waals surface area contributed by atoms with Gasteiger partial charge in [-0.2, -0.15) is 18.3 Å². The van der Waals surface area contributed by atoms with Crippen LogP contribution in [-0.4, -0.2) is 20.9 Å². The van der Waals surface area contributed by atoms with Crippen LogP contribution in [0.15, 0.2) is 26.5 Å². The molecule has 3 rings (SSSR count). The predicted octanol–water partition coefficient (Wildman–Crippen LogP) is 4.81. The Hall–Kier alpha value is -1.26. The number of aldehydes is 1. The average molecular weight is 455 g/mol. The molecule has 3 heterocycles. The second-order valence-corrected chi connectivity index (χ2v) is 6.83. The van der Waals surface area contributed by atoms with Gasteiger partial charge in [0.2, 0.25) is 0 Å². The molecule has 0 N–H and O–H groups in total. The maximum Gasteiger partial charge on any atom is 0.433 e. The number of aromatic nitrogens is 3. The molecule has 3 aromatic heterocycles. The minimum atomic E-state index is -4.63. The van der Waals surface area contributed by atoms with Crippen LogP contribution < -0.4 is 0 Å². The fraction of sp³-hybridized carbons (Fsp3) is 0.0833. The number of halogens is 5. The molecule has 114 valence electrons. The van der Waals surface area contributed by atoms with Gasteiger partial charge in [0.15, 0.2) is 17.6 Å². The fourth-order valence-electron chi connectivity index (χ4n) is 1.86. The molecule has 0 radical (unpaired) electrons. The first-order valence-corrected chi connectivity index (χ1v) is 8.14. The molecular formula is C12H4Br2F3N3OS. The van der Waals surface area contributed by atoms with E-state index in [2.05, 4.69) is 41.9 Å². The van der Waals surface area contributed by atoms with Crippen LogP contribution in [0, 0.1) is 0 Å². The number of carbonyl (C=O) groups excluding carboxylic acids is 1. The number of rotatable bonds is 2. The molecule has 0 spiro atoms. The van der Waals surface area contributed by atoms with Crippen LogP contribution in [0.25, 0.3) is 16.2 Å². The molecular weight excluding hydrogens is 451 g/mol. The summed E-state index contributed by atoms with van der Waals surface area (Å²) < 4.78 is 41.3. The minimum Gasteiger partial charge on any atom is -0.296 e. The van der Waals surface area contributed by atoms with Gasteiger partial charge < -0.3 is 0 Å². The summed E-state index contributed by atoms with van der Waals surface area (Å²) in [7, 11) is 0. The van der Waals surface area contributed by atoms with Crippen molar-refractivity contribution in [3.05, 3.63) is 37.8 Å². The van der Waals surface area contributed by atoms with E-state index in [1.807, 2.05) is 0 Å². The first kappa shape index (κ1) is 15.6. The third-order valence-corrected chi connectivity index (χ3v) is 5.25. The van der Waals surface area contributed by atoms with E-state index >= 15 is 0 Å². The summed E-state index contributed by atoms with van der Waals surface area (Å²) in [5, 5.41) is 5.40. The Morgan fingerprint density at radius 2 is 2.00 bits per heavy atom. The Morgan fingerprint density at radius 1 is 1.27 bits per heavy atom. The van der Waals surface area contributed by atoms with Gasteiger partial charge in [-0.1, -0.05) is 0 Å². The highest BCUT2D eigenvalue weighted by Gasteiger charge is 2.36. The fourth-order valence-corrected chi connectivity index (χ4v) is 3.68. The summed E-state index contributed by atoms with van der Waals surface area (Å²) in [6.07, 6.45) is -4.25. The zero-order valence-corrected chi connectivity index (χ0v) is 14.3. The van der Waals surface area contributed by atoms with Gasteiger partial charge in [-0.15, -0.1) is 11.3 Å². The van der Waals surface area contributed by atoms with Crippen molar-refractivity contribution in [1.82, 2.24) is 14.6 Å². The van der Waals surface area contributed by atoms with Crippen LogP contribution in [0.4, 0.5) is 13.2 Å². The van der Waals surface area contributed by atoms with Gasteiger partial charge in [0, 0.05) is 9.85 Å². The summed E-state index contributed by atoms with van der Waals surface area (Å²) >= 11 is 7.59. The van der Waals surface area contributed by atoms with Crippen LogP contribution >= 0.6 is 43.2 Å². The van der Waals surface area contributed by atoms with E-state index in [0.29, 0.717) is 15.7 Å². The van der Waals surface area contributed by atoms with Gasteiger partial charge in [0.25, 0.3) is 0 Å². The normalized spacial score (nSPS) is 12.0. The molecule has 0 aromatic carbocycles. The molecule has 10 heteroatoms. The van der Waals surface area contributed by atoms with Gasteiger partial charge in [-0.25, -0.2) is 9.50 Å². The Morgan fingerprint density at radius 3 is 2.55 bits per heavy atom. The molecule has 22 heavy (non-hydrogen) atoms. The SMILES string of the molecule is O=Cc1nn2c(C(F)(F)F)cc(-c3cc(Br)cs3)nc2c1Br. The molecule has 0 saturated heterocycles. The molecule has 4 nitrogen and oxygen atoms in total. The Kier molecular flexibility index (Phi) is 3.86. The molecule has 0 aliphatic heterocycles. The molecule has 0 saturated carbocycles. The number of thiophene rings is 1. The maximum absolute atomic E-state index is 13.3. The van der Waals surface area contributed by atoms with Crippen molar-refractivity contribution in [3.8, 4) is 10.6 Å². The average Bonchev–Trinajstić information content (AvgIpc) is 3.01. The van der Waals surface area contributed by atoms with Crippen molar-refractivity contribution < 1.29 is 18.0 Å². The first-order valence-electron chi connectivity index (χ1n) is 5.67. The number of fused-ring (bicyclic) bond motifs is 1. The summed E-state index contributed by atoms with van der Waals surface area (Å²) in [6.45, 7) is 0. The number of hydrogen-bond donors (Lipinski definition) is 0. The topological polar surface area (TPSA) is 47.3 Å². The predicted molar refractivity (Wildman–Crippen MR) is 82.1 cm³/mol. The molecule has 0 fully saturated rings. The van der Waals surface area contributed by atoms with Gasteiger partial charge >= 0.3 is 6.18 Å². The molecule has 0 atom stereocenters. The van der Waals surface area contributed by atoms with E-state index in [9.17, 15) is 18.0 Å². The zero-order chi connectivity index (χ0) is 16.1. The largest absolute Gasteiger partial charge is 0.433 e.